The van der Waals surface area contributed by atoms with Gasteiger partial charge in [-0.15, -0.1) is 0 Å². The van der Waals surface area contributed by atoms with Crippen LogP contribution in [-0.2, 0) is 15.7 Å². The molecule has 0 aromatic carbocycles. The molecule has 1 rings (SSSR count). The van der Waals surface area contributed by atoms with Crippen LogP contribution < -0.4 is 0 Å². The van der Waals surface area contributed by atoms with E-state index in [1.165, 1.54) is 6.92 Å². The quantitative estimate of drug-likeness (QED) is 0.714. The third-order valence-electron chi connectivity index (χ3n) is 1.87. The summed E-state index contributed by atoms with van der Waals surface area (Å²) in [5.41, 5.74) is -0.891. The molecule has 0 saturated carbocycles. The number of esters is 1. The van der Waals surface area contributed by atoms with Gasteiger partial charge in [0.25, 0.3) is 0 Å². The predicted octanol–water partition coefficient (Wildman–Crippen LogP) is 1.64. The zero-order chi connectivity index (χ0) is 11.6. The fourth-order valence-electron chi connectivity index (χ4n) is 0.975. The van der Waals surface area contributed by atoms with Crippen molar-refractivity contribution < 1.29 is 22.7 Å². The maximum Gasteiger partial charge on any atom is 0.419 e. The number of hydrogen-bond donors (Lipinski definition) is 0. The fraction of sp³-hybridized carbons (Fsp3) is 0.500. The van der Waals surface area contributed by atoms with Gasteiger partial charge in [0.2, 0.25) is 0 Å². The average molecular weight is 222 g/mol. The van der Waals surface area contributed by atoms with Crippen molar-refractivity contribution in [2.24, 2.45) is 0 Å². The predicted molar refractivity (Wildman–Crippen MR) is 44.0 cm³/mol. The molecule has 0 bridgehead atoms. The Balaban J connectivity index is 2.89. The van der Waals surface area contributed by atoms with Gasteiger partial charge >= 0.3 is 12.1 Å². The monoisotopic (exact) mass is 222 g/mol. The molecule has 0 amide bonds. The lowest BCUT2D eigenvalue weighted by atomic mass is 10.3. The molecule has 84 valence electrons. The second-order valence-electron chi connectivity index (χ2n) is 2.91. The third kappa shape index (κ3) is 2.48. The minimum absolute atomic E-state index is 0.646. The first-order valence-corrected chi connectivity index (χ1v) is 4.05. The van der Waals surface area contributed by atoms with E-state index >= 15 is 0 Å². The molecule has 15 heavy (non-hydrogen) atoms. The largest absolute Gasteiger partial charge is 0.467 e. The molecule has 7 heteroatoms. The summed E-state index contributed by atoms with van der Waals surface area (Å²) in [5, 5.41) is 3.45. The molecule has 0 aliphatic carbocycles. The highest BCUT2D eigenvalue weighted by molar-refractivity contribution is 5.73. The van der Waals surface area contributed by atoms with Gasteiger partial charge in [-0.3, -0.25) is 4.68 Å². The highest BCUT2D eigenvalue weighted by atomic mass is 19.4. The molecule has 4 nitrogen and oxygen atoms in total. The van der Waals surface area contributed by atoms with Crippen molar-refractivity contribution in [1.82, 2.24) is 9.78 Å². The van der Waals surface area contributed by atoms with Crippen molar-refractivity contribution in [3.8, 4) is 0 Å². The van der Waals surface area contributed by atoms with E-state index in [9.17, 15) is 18.0 Å². The molecule has 1 atom stereocenters. The molecular formula is C8H9F3N2O2. The Labute approximate surface area is 83.6 Å². The second kappa shape index (κ2) is 3.92. The number of hydrogen-bond acceptors (Lipinski definition) is 3. The summed E-state index contributed by atoms with van der Waals surface area (Å²) >= 11 is 0. The number of carbonyl (C=O) groups is 1. The van der Waals surface area contributed by atoms with Crippen LogP contribution in [0.2, 0.25) is 0 Å². The first-order chi connectivity index (χ1) is 6.86. The summed E-state index contributed by atoms with van der Waals surface area (Å²) in [6, 6.07) is -0.869. The molecular weight excluding hydrogens is 213 g/mol. The van der Waals surface area contributed by atoms with Crippen molar-refractivity contribution in [3.63, 3.8) is 0 Å². The number of alkyl halides is 3. The highest BCUT2D eigenvalue weighted by Crippen LogP contribution is 2.29. The fourth-order valence-corrected chi connectivity index (χ4v) is 0.975. The van der Waals surface area contributed by atoms with Gasteiger partial charge in [0.05, 0.1) is 18.9 Å². The van der Waals surface area contributed by atoms with Gasteiger partial charge in [-0.05, 0) is 6.92 Å². The summed E-state index contributed by atoms with van der Waals surface area (Å²) in [4.78, 5) is 11.0. The highest BCUT2D eigenvalue weighted by Gasteiger charge is 2.33. The van der Waals surface area contributed by atoms with Crippen molar-refractivity contribution in [2.75, 3.05) is 7.11 Å². The lowest BCUT2D eigenvalue weighted by Gasteiger charge is -2.08. The van der Waals surface area contributed by atoms with Crippen LogP contribution in [0.1, 0.15) is 18.5 Å². The molecule has 0 aliphatic heterocycles. The molecule has 0 radical (unpaired) electrons. The van der Waals surface area contributed by atoms with Gasteiger partial charge in [0.1, 0.15) is 6.04 Å². The SMILES string of the molecule is COC(=O)[C@@H](C)n1cc(C(F)(F)F)cn1. The lowest BCUT2D eigenvalue weighted by molar-refractivity contribution is -0.144. The van der Waals surface area contributed by atoms with Crippen molar-refractivity contribution in [3.05, 3.63) is 18.0 Å². The average Bonchev–Trinajstić information content (AvgIpc) is 2.63. The van der Waals surface area contributed by atoms with Crippen molar-refractivity contribution in [2.45, 2.75) is 19.1 Å². The van der Waals surface area contributed by atoms with Crippen LogP contribution in [0.5, 0.6) is 0 Å². The standard InChI is InChI=1S/C8H9F3N2O2/c1-5(7(14)15-2)13-4-6(3-12-13)8(9,10)11/h3-5H,1-2H3/t5-/m1/s1. The number of rotatable bonds is 2. The van der Waals surface area contributed by atoms with Gasteiger partial charge in [-0.2, -0.15) is 18.3 Å². The van der Waals surface area contributed by atoms with Crippen LogP contribution >= 0.6 is 0 Å². The van der Waals surface area contributed by atoms with Gasteiger partial charge in [-0.25, -0.2) is 4.79 Å². The molecule has 0 saturated heterocycles. The summed E-state index contributed by atoms with van der Waals surface area (Å²) in [6.07, 6.45) is -3.02. The van der Waals surface area contributed by atoms with Crippen LogP contribution in [0, 0.1) is 0 Å². The Morgan fingerprint density at radius 1 is 1.60 bits per heavy atom. The smallest absolute Gasteiger partial charge is 0.419 e. The van der Waals surface area contributed by atoms with Crippen molar-refractivity contribution in [1.29, 1.82) is 0 Å². The Hall–Kier alpha value is -1.53. The number of methoxy groups -OCH3 is 1. The third-order valence-corrected chi connectivity index (χ3v) is 1.87. The number of ether oxygens (including phenoxy) is 1. The van der Waals surface area contributed by atoms with Gasteiger partial charge in [0, 0.05) is 6.20 Å². The number of aromatic nitrogens is 2. The van der Waals surface area contributed by atoms with E-state index < -0.39 is 23.8 Å². The van der Waals surface area contributed by atoms with E-state index in [2.05, 4.69) is 9.84 Å². The zero-order valence-corrected chi connectivity index (χ0v) is 8.08. The Bertz CT molecular complexity index is 359. The minimum atomic E-state index is -4.45. The maximum absolute atomic E-state index is 12.2. The Morgan fingerprint density at radius 3 is 2.60 bits per heavy atom. The van der Waals surface area contributed by atoms with Crippen molar-refractivity contribution >= 4 is 5.97 Å². The number of nitrogens with zero attached hydrogens (tertiary/aromatic N) is 2. The number of carbonyl (C=O) groups excluding carboxylic acids is 1. The lowest BCUT2D eigenvalue weighted by Crippen LogP contribution is -2.18. The molecule has 0 fully saturated rings. The van der Waals surface area contributed by atoms with Crippen LogP contribution in [0.15, 0.2) is 12.4 Å². The molecule has 0 aliphatic rings. The van der Waals surface area contributed by atoms with E-state index in [0.717, 1.165) is 18.0 Å². The summed E-state index contributed by atoms with van der Waals surface area (Å²) in [6.45, 7) is 1.40. The Morgan fingerprint density at radius 2 is 2.20 bits per heavy atom. The molecule has 1 aromatic rings. The summed E-state index contributed by atoms with van der Waals surface area (Å²) < 4.78 is 41.8. The topological polar surface area (TPSA) is 44.1 Å². The van der Waals surface area contributed by atoms with Gasteiger partial charge < -0.3 is 4.74 Å². The summed E-state index contributed by atoms with van der Waals surface area (Å²) in [7, 11) is 1.16. The molecule has 1 aromatic heterocycles. The second-order valence-corrected chi connectivity index (χ2v) is 2.91. The van der Waals surface area contributed by atoms with E-state index in [1.807, 2.05) is 0 Å². The molecule has 0 spiro atoms. The normalized spacial score (nSPS) is 13.7. The van der Waals surface area contributed by atoms with E-state index in [-0.39, 0.29) is 0 Å². The first kappa shape index (κ1) is 11.5. The van der Waals surface area contributed by atoms with Crippen LogP contribution in [-0.4, -0.2) is 22.9 Å². The van der Waals surface area contributed by atoms with E-state index in [0.29, 0.717) is 6.20 Å². The Kier molecular flexibility index (Phi) is 3.01. The first-order valence-electron chi connectivity index (χ1n) is 4.05. The minimum Gasteiger partial charge on any atom is -0.467 e. The van der Waals surface area contributed by atoms with Gasteiger partial charge in [0.15, 0.2) is 0 Å². The maximum atomic E-state index is 12.2. The van der Waals surface area contributed by atoms with Crippen LogP contribution in [0.4, 0.5) is 13.2 Å². The molecule has 0 N–H and O–H groups in total. The van der Waals surface area contributed by atoms with E-state index in [1.54, 1.807) is 0 Å². The molecule has 1 heterocycles. The summed E-state index contributed by atoms with van der Waals surface area (Å²) in [5.74, 6) is -0.646. The zero-order valence-electron chi connectivity index (χ0n) is 8.08. The van der Waals surface area contributed by atoms with Gasteiger partial charge in [-0.1, -0.05) is 0 Å². The van der Waals surface area contributed by atoms with Crippen LogP contribution in [0.25, 0.3) is 0 Å². The van der Waals surface area contributed by atoms with Crippen LogP contribution in [0.3, 0.4) is 0 Å². The van der Waals surface area contributed by atoms with E-state index in [4.69, 9.17) is 0 Å². The molecule has 0 unspecified atom stereocenters. The number of halogens is 3.